The molecule has 0 spiro atoms. The summed E-state index contributed by atoms with van der Waals surface area (Å²) in [6.07, 6.45) is -1.23. The van der Waals surface area contributed by atoms with Crippen molar-refractivity contribution in [1.29, 1.82) is 0 Å². The number of alkyl halides is 3. The van der Waals surface area contributed by atoms with Gasteiger partial charge < -0.3 is 0 Å². The molecule has 1 atom stereocenters. The van der Waals surface area contributed by atoms with E-state index in [0.717, 1.165) is 33.9 Å². The van der Waals surface area contributed by atoms with E-state index in [9.17, 15) is 13.2 Å². The van der Waals surface area contributed by atoms with Gasteiger partial charge in [-0.3, -0.25) is 0 Å². The molecule has 0 saturated carbocycles. The van der Waals surface area contributed by atoms with Crippen LogP contribution in [0, 0.1) is 5.92 Å². The quantitative estimate of drug-likeness (QED) is 0.237. The van der Waals surface area contributed by atoms with Gasteiger partial charge in [-0.15, -0.1) is 0 Å². The highest BCUT2D eigenvalue weighted by atomic mass is 19.4. The van der Waals surface area contributed by atoms with E-state index in [0.29, 0.717) is 5.92 Å². The minimum Gasteiger partial charge on any atom is -0.166 e. The van der Waals surface area contributed by atoms with Crippen molar-refractivity contribution in [3.63, 3.8) is 0 Å². The van der Waals surface area contributed by atoms with Gasteiger partial charge in [-0.25, -0.2) is 0 Å². The van der Waals surface area contributed by atoms with Crippen LogP contribution in [0.25, 0.3) is 49.9 Å². The highest BCUT2D eigenvalue weighted by Gasteiger charge is 2.31. The van der Waals surface area contributed by atoms with Crippen molar-refractivity contribution in [3.8, 4) is 22.3 Å². The highest BCUT2D eigenvalue weighted by molar-refractivity contribution is 6.13. The van der Waals surface area contributed by atoms with Gasteiger partial charge in [0.15, 0.2) is 0 Å². The lowest BCUT2D eigenvalue weighted by atomic mass is 9.75. The fourth-order valence-electron chi connectivity index (χ4n) is 5.61. The molecule has 0 aromatic heterocycles. The molecule has 5 aromatic rings. The first kappa shape index (κ1) is 22.6. The SMILES string of the molecule is CC1=Cc2c(c(-c3cccc4ccccc34)c3ccccc3c2-c2ccc(C(F)(F)F)cc2)CC1C. The summed E-state index contributed by atoms with van der Waals surface area (Å²) >= 11 is 0. The van der Waals surface area contributed by atoms with E-state index in [4.69, 9.17) is 0 Å². The van der Waals surface area contributed by atoms with E-state index in [1.807, 2.05) is 12.1 Å². The fraction of sp³-hybridized carbons (Fsp3) is 0.152. The normalized spacial score (nSPS) is 15.7. The maximum atomic E-state index is 13.3. The summed E-state index contributed by atoms with van der Waals surface area (Å²) in [5, 5.41) is 4.57. The largest absolute Gasteiger partial charge is 0.416 e. The Kier molecular flexibility index (Phi) is 5.26. The molecular formula is C33H25F3. The zero-order chi connectivity index (χ0) is 25.0. The lowest BCUT2D eigenvalue weighted by Crippen LogP contribution is -2.11. The number of benzene rings is 5. The summed E-state index contributed by atoms with van der Waals surface area (Å²) < 4.78 is 39.9. The molecule has 36 heavy (non-hydrogen) atoms. The van der Waals surface area contributed by atoms with E-state index in [1.54, 1.807) is 12.1 Å². The summed E-state index contributed by atoms with van der Waals surface area (Å²) in [6.45, 7) is 4.39. The minimum atomic E-state index is -4.36. The first-order valence-electron chi connectivity index (χ1n) is 12.2. The summed E-state index contributed by atoms with van der Waals surface area (Å²) in [5.41, 5.74) is 7.27. The second-order valence-electron chi connectivity index (χ2n) is 9.78. The minimum absolute atomic E-state index is 0.382. The maximum absolute atomic E-state index is 13.3. The number of fused-ring (bicyclic) bond motifs is 3. The first-order valence-corrected chi connectivity index (χ1v) is 12.2. The number of rotatable bonds is 2. The zero-order valence-corrected chi connectivity index (χ0v) is 20.2. The summed E-state index contributed by atoms with van der Waals surface area (Å²) in [5.74, 6) is 0.382. The number of halogens is 3. The molecule has 0 radical (unpaired) electrons. The average molecular weight is 479 g/mol. The predicted octanol–water partition coefficient (Wildman–Crippen LogP) is 9.94. The van der Waals surface area contributed by atoms with Crippen molar-refractivity contribution in [1.82, 2.24) is 0 Å². The van der Waals surface area contributed by atoms with Crippen molar-refractivity contribution >= 4 is 27.6 Å². The van der Waals surface area contributed by atoms with Crippen LogP contribution in [0.2, 0.25) is 0 Å². The zero-order valence-electron chi connectivity index (χ0n) is 20.2. The van der Waals surface area contributed by atoms with Gasteiger partial charge in [0.1, 0.15) is 0 Å². The molecule has 0 N–H and O–H groups in total. The van der Waals surface area contributed by atoms with Crippen LogP contribution in [-0.2, 0) is 12.6 Å². The van der Waals surface area contributed by atoms with Crippen LogP contribution < -0.4 is 0 Å². The van der Waals surface area contributed by atoms with Crippen molar-refractivity contribution in [2.45, 2.75) is 26.4 Å². The van der Waals surface area contributed by atoms with Crippen LogP contribution >= 0.6 is 0 Å². The van der Waals surface area contributed by atoms with Crippen molar-refractivity contribution in [2.75, 3.05) is 0 Å². The Morgan fingerprint density at radius 2 is 1.31 bits per heavy atom. The van der Waals surface area contributed by atoms with E-state index in [1.165, 1.54) is 45.2 Å². The summed E-state index contributed by atoms with van der Waals surface area (Å²) in [6, 6.07) is 28.8. The van der Waals surface area contributed by atoms with Gasteiger partial charge in [-0.1, -0.05) is 97.4 Å². The molecule has 0 saturated heterocycles. The van der Waals surface area contributed by atoms with Crippen LogP contribution in [0.5, 0.6) is 0 Å². The molecule has 178 valence electrons. The third-order valence-electron chi connectivity index (χ3n) is 7.58. The highest BCUT2D eigenvalue weighted by Crippen LogP contribution is 2.47. The van der Waals surface area contributed by atoms with Gasteiger partial charge in [-0.05, 0) is 86.3 Å². The van der Waals surface area contributed by atoms with E-state index in [2.05, 4.69) is 74.5 Å². The standard InChI is InChI=1S/C33H25F3/c1-20-18-29-30(19-21(20)2)32(26-13-7-9-22-8-3-4-10-25(22)26)28-12-6-5-11-27(28)31(29)23-14-16-24(17-15-23)33(34,35)36/h3-18,21H,19H2,1-2H3. The van der Waals surface area contributed by atoms with E-state index >= 15 is 0 Å². The number of hydrogen-bond donors (Lipinski definition) is 0. The van der Waals surface area contributed by atoms with Gasteiger partial charge in [0.25, 0.3) is 0 Å². The Morgan fingerprint density at radius 3 is 2.00 bits per heavy atom. The smallest absolute Gasteiger partial charge is 0.166 e. The van der Waals surface area contributed by atoms with Gasteiger partial charge in [0.2, 0.25) is 0 Å². The Balaban J connectivity index is 1.73. The monoisotopic (exact) mass is 478 g/mol. The van der Waals surface area contributed by atoms with Crippen LogP contribution in [0.3, 0.4) is 0 Å². The molecule has 0 amide bonds. The maximum Gasteiger partial charge on any atom is 0.416 e. The predicted molar refractivity (Wildman–Crippen MR) is 144 cm³/mol. The van der Waals surface area contributed by atoms with Crippen molar-refractivity contribution in [3.05, 3.63) is 113 Å². The van der Waals surface area contributed by atoms with Crippen LogP contribution in [0.4, 0.5) is 13.2 Å². The summed E-state index contributed by atoms with van der Waals surface area (Å²) in [4.78, 5) is 0. The molecule has 6 rings (SSSR count). The number of hydrogen-bond acceptors (Lipinski definition) is 0. The Bertz CT molecular complexity index is 1650. The molecule has 0 fully saturated rings. The number of allylic oxidation sites excluding steroid dienone is 1. The Morgan fingerprint density at radius 1 is 0.694 bits per heavy atom. The molecule has 3 heteroatoms. The third-order valence-corrected chi connectivity index (χ3v) is 7.58. The van der Waals surface area contributed by atoms with Gasteiger partial charge in [0, 0.05) is 0 Å². The molecule has 0 aliphatic heterocycles. The Hall–Kier alpha value is -3.85. The second kappa shape index (κ2) is 8.37. The van der Waals surface area contributed by atoms with E-state index in [-0.39, 0.29) is 0 Å². The molecule has 1 aliphatic rings. The molecule has 0 heterocycles. The lowest BCUT2D eigenvalue weighted by Gasteiger charge is -2.28. The molecule has 0 nitrogen and oxygen atoms in total. The molecule has 1 unspecified atom stereocenters. The van der Waals surface area contributed by atoms with Crippen molar-refractivity contribution in [2.24, 2.45) is 5.92 Å². The summed E-state index contributed by atoms with van der Waals surface area (Å²) in [7, 11) is 0. The van der Waals surface area contributed by atoms with Crippen LogP contribution in [0.1, 0.15) is 30.5 Å². The van der Waals surface area contributed by atoms with Gasteiger partial charge in [0.05, 0.1) is 5.56 Å². The van der Waals surface area contributed by atoms with Gasteiger partial charge in [-0.2, -0.15) is 13.2 Å². The second-order valence-corrected chi connectivity index (χ2v) is 9.78. The molecule has 0 bridgehead atoms. The topological polar surface area (TPSA) is 0 Å². The first-order chi connectivity index (χ1) is 17.3. The van der Waals surface area contributed by atoms with Gasteiger partial charge >= 0.3 is 6.18 Å². The molecule has 5 aromatic carbocycles. The lowest BCUT2D eigenvalue weighted by molar-refractivity contribution is -0.137. The van der Waals surface area contributed by atoms with Crippen LogP contribution in [-0.4, -0.2) is 0 Å². The van der Waals surface area contributed by atoms with E-state index < -0.39 is 11.7 Å². The average Bonchev–Trinajstić information content (AvgIpc) is 2.88. The molecular weight excluding hydrogens is 453 g/mol. The van der Waals surface area contributed by atoms with Crippen LogP contribution in [0.15, 0.2) is 96.6 Å². The molecule has 1 aliphatic carbocycles. The van der Waals surface area contributed by atoms with Crippen molar-refractivity contribution < 1.29 is 13.2 Å². The fourth-order valence-corrected chi connectivity index (χ4v) is 5.61. The Labute approximate surface area is 208 Å². The third kappa shape index (κ3) is 3.62.